The number of nitrogens with zero attached hydrogens (tertiary/aromatic N) is 1. The van der Waals surface area contributed by atoms with Crippen molar-refractivity contribution in [1.82, 2.24) is 4.98 Å². The molecule has 1 heterocycles. The van der Waals surface area contributed by atoms with E-state index >= 15 is 0 Å². The van der Waals surface area contributed by atoms with E-state index < -0.39 is 11.7 Å². The molecule has 0 aliphatic heterocycles. The number of hydrogen-bond acceptors (Lipinski definition) is 4. The van der Waals surface area contributed by atoms with E-state index in [2.05, 4.69) is 10.3 Å². The lowest BCUT2D eigenvalue weighted by molar-refractivity contribution is -0.137. The first kappa shape index (κ1) is 14.6. The molecule has 108 valence electrons. The van der Waals surface area contributed by atoms with E-state index in [0.717, 1.165) is 22.8 Å². The fraction of sp³-hybridized carbons (Fsp3) is 0.308. The second kappa shape index (κ2) is 5.70. The fourth-order valence-electron chi connectivity index (χ4n) is 1.75. The number of rotatable bonds is 4. The van der Waals surface area contributed by atoms with Gasteiger partial charge in [-0.05, 0) is 25.1 Å². The van der Waals surface area contributed by atoms with E-state index in [-0.39, 0.29) is 5.69 Å². The van der Waals surface area contributed by atoms with Crippen molar-refractivity contribution in [3.05, 3.63) is 39.8 Å². The molecule has 0 aliphatic carbocycles. The molecule has 0 saturated heterocycles. The largest absolute Gasteiger partial charge is 0.416 e. The number of hydrogen-bond donors (Lipinski definition) is 2. The van der Waals surface area contributed by atoms with Gasteiger partial charge < -0.3 is 11.1 Å². The zero-order valence-corrected chi connectivity index (χ0v) is 11.6. The first-order valence-corrected chi connectivity index (χ1v) is 6.86. The molecule has 0 amide bonds. The number of nitrogens with one attached hydrogen (secondary N) is 1. The molecule has 0 radical (unpaired) electrons. The minimum atomic E-state index is -4.37. The van der Waals surface area contributed by atoms with Crippen LogP contribution in [0.3, 0.4) is 0 Å². The summed E-state index contributed by atoms with van der Waals surface area (Å²) in [5, 5.41) is 5.98. The Hall–Kier alpha value is -1.76. The molecule has 1 aromatic carbocycles. The summed E-state index contributed by atoms with van der Waals surface area (Å²) in [6, 6.07) is 3.31. The second-order valence-corrected chi connectivity index (χ2v) is 5.40. The quantitative estimate of drug-likeness (QED) is 0.846. The van der Waals surface area contributed by atoms with Crippen LogP contribution in [0.5, 0.6) is 0 Å². The van der Waals surface area contributed by atoms with Crippen molar-refractivity contribution in [2.45, 2.75) is 19.5 Å². The van der Waals surface area contributed by atoms with Crippen LogP contribution in [-0.2, 0) is 12.6 Å². The Balaban J connectivity index is 1.96. The number of alkyl halides is 3. The Kier molecular flexibility index (Phi) is 4.17. The molecular formula is C13H14F3N3S. The van der Waals surface area contributed by atoms with Crippen LogP contribution in [0.4, 0.5) is 24.5 Å². The highest BCUT2D eigenvalue weighted by Crippen LogP contribution is 2.32. The molecule has 0 fully saturated rings. The van der Waals surface area contributed by atoms with Crippen molar-refractivity contribution in [1.29, 1.82) is 0 Å². The molecule has 1 aromatic heterocycles. The minimum absolute atomic E-state index is 0.0919. The zero-order valence-electron chi connectivity index (χ0n) is 10.8. The van der Waals surface area contributed by atoms with E-state index in [1.807, 2.05) is 12.3 Å². The molecule has 3 N–H and O–H groups in total. The molecule has 3 nitrogen and oxygen atoms in total. The van der Waals surface area contributed by atoms with Crippen molar-refractivity contribution >= 4 is 22.7 Å². The number of benzene rings is 1. The molecule has 0 aliphatic rings. The van der Waals surface area contributed by atoms with Gasteiger partial charge in [0.15, 0.2) is 0 Å². The highest BCUT2D eigenvalue weighted by atomic mass is 32.1. The maximum atomic E-state index is 12.5. The molecule has 20 heavy (non-hydrogen) atoms. The van der Waals surface area contributed by atoms with E-state index in [0.29, 0.717) is 18.7 Å². The van der Waals surface area contributed by atoms with Gasteiger partial charge in [-0.25, -0.2) is 4.98 Å². The van der Waals surface area contributed by atoms with Crippen molar-refractivity contribution in [3.8, 4) is 0 Å². The average Bonchev–Trinajstić information content (AvgIpc) is 2.76. The van der Waals surface area contributed by atoms with E-state index in [9.17, 15) is 13.2 Å². The zero-order chi connectivity index (χ0) is 14.8. The highest BCUT2D eigenvalue weighted by Gasteiger charge is 2.30. The van der Waals surface area contributed by atoms with E-state index in [1.54, 1.807) is 11.3 Å². The lowest BCUT2D eigenvalue weighted by Gasteiger charge is -2.12. The summed E-state index contributed by atoms with van der Waals surface area (Å²) >= 11 is 1.57. The van der Waals surface area contributed by atoms with Gasteiger partial charge in [-0.1, -0.05) is 0 Å². The molecular weight excluding hydrogens is 287 g/mol. The van der Waals surface area contributed by atoms with E-state index in [4.69, 9.17) is 5.73 Å². The highest BCUT2D eigenvalue weighted by molar-refractivity contribution is 7.09. The molecule has 0 unspecified atom stereocenters. The summed E-state index contributed by atoms with van der Waals surface area (Å²) in [5.74, 6) is 0. The van der Waals surface area contributed by atoms with Gasteiger partial charge in [0.05, 0.1) is 27.6 Å². The Morgan fingerprint density at radius 2 is 2.10 bits per heavy atom. The van der Waals surface area contributed by atoms with Crippen molar-refractivity contribution in [2.75, 3.05) is 17.6 Å². The Morgan fingerprint density at radius 1 is 1.35 bits per heavy atom. The third-order valence-corrected chi connectivity index (χ3v) is 3.56. The number of thiazole rings is 1. The minimum Gasteiger partial charge on any atom is -0.397 e. The second-order valence-electron chi connectivity index (χ2n) is 4.33. The summed E-state index contributed by atoms with van der Waals surface area (Å²) in [6.07, 6.45) is -3.67. The number of aryl methyl sites for hydroxylation is 1. The molecule has 0 saturated carbocycles. The third kappa shape index (κ3) is 3.63. The van der Waals surface area contributed by atoms with Crippen LogP contribution in [0, 0.1) is 6.92 Å². The fourth-order valence-corrected chi connectivity index (χ4v) is 2.40. The van der Waals surface area contributed by atoms with Gasteiger partial charge in [-0.3, -0.25) is 0 Å². The van der Waals surface area contributed by atoms with Gasteiger partial charge in [0.1, 0.15) is 0 Å². The summed E-state index contributed by atoms with van der Waals surface area (Å²) < 4.78 is 37.5. The van der Waals surface area contributed by atoms with Crippen LogP contribution in [-0.4, -0.2) is 11.5 Å². The summed E-state index contributed by atoms with van der Waals surface area (Å²) in [7, 11) is 0. The summed E-state index contributed by atoms with van der Waals surface area (Å²) in [5.41, 5.74) is 6.45. The smallest absolute Gasteiger partial charge is 0.397 e. The van der Waals surface area contributed by atoms with Crippen LogP contribution < -0.4 is 11.1 Å². The Morgan fingerprint density at radius 3 is 2.65 bits per heavy atom. The third-order valence-electron chi connectivity index (χ3n) is 2.74. The van der Waals surface area contributed by atoms with Gasteiger partial charge in [0.25, 0.3) is 0 Å². The van der Waals surface area contributed by atoms with Gasteiger partial charge in [-0.2, -0.15) is 13.2 Å². The number of halogens is 3. The maximum Gasteiger partial charge on any atom is 0.416 e. The van der Waals surface area contributed by atoms with Crippen LogP contribution in [0.1, 0.15) is 16.3 Å². The molecule has 7 heteroatoms. The topological polar surface area (TPSA) is 50.9 Å². The molecule has 2 rings (SSSR count). The normalized spacial score (nSPS) is 11.6. The number of nitrogens with two attached hydrogens (primary N) is 1. The monoisotopic (exact) mass is 301 g/mol. The standard InChI is InChI=1S/C13H14F3N3S/c1-8-19-10(7-20-8)4-5-18-12-3-2-9(6-11(12)17)13(14,15)16/h2-3,6-7,18H,4-5,17H2,1H3. The van der Waals surface area contributed by atoms with Gasteiger partial charge in [0, 0.05) is 18.3 Å². The Bertz CT molecular complexity index is 593. The average molecular weight is 301 g/mol. The van der Waals surface area contributed by atoms with Gasteiger partial charge in [-0.15, -0.1) is 11.3 Å². The first-order valence-electron chi connectivity index (χ1n) is 5.98. The number of aromatic nitrogens is 1. The summed E-state index contributed by atoms with van der Waals surface area (Å²) in [6.45, 7) is 2.49. The van der Waals surface area contributed by atoms with Crippen LogP contribution in [0.15, 0.2) is 23.6 Å². The van der Waals surface area contributed by atoms with Crippen molar-refractivity contribution in [2.24, 2.45) is 0 Å². The van der Waals surface area contributed by atoms with Crippen molar-refractivity contribution in [3.63, 3.8) is 0 Å². The number of anilines is 2. The van der Waals surface area contributed by atoms with Gasteiger partial charge >= 0.3 is 6.18 Å². The van der Waals surface area contributed by atoms with Gasteiger partial charge in [0.2, 0.25) is 0 Å². The molecule has 2 aromatic rings. The first-order chi connectivity index (χ1) is 9.36. The lowest BCUT2D eigenvalue weighted by atomic mass is 10.1. The summed E-state index contributed by atoms with van der Waals surface area (Å²) in [4.78, 5) is 4.31. The predicted octanol–water partition coefficient (Wildman–Crippen LogP) is 3.71. The number of nitrogen functional groups attached to an aromatic ring is 1. The molecule has 0 atom stereocenters. The van der Waals surface area contributed by atoms with Crippen LogP contribution >= 0.6 is 11.3 Å². The Labute approximate surface area is 118 Å². The predicted molar refractivity (Wildman–Crippen MR) is 74.9 cm³/mol. The molecule has 0 bridgehead atoms. The van der Waals surface area contributed by atoms with Crippen molar-refractivity contribution < 1.29 is 13.2 Å². The van der Waals surface area contributed by atoms with Crippen LogP contribution in [0.25, 0.3) is 0 Å². The van der Waals surface area contributed by atoms with Crippen LogP contribution in [0.2, 0.25) is 0 Å². The molecule has 0 spiro atoms. The lowest BCUT2D eigenvalue weighted by Crippen LogP contribution is -2.10. The SMILES string of the molecule is Cc1nc(CCNc2ccc(C(F)(F)F)cc2N)cs1. The van der Waals surface area contributed by atoms with E-state index in [1.165, 1.54) is 6.07 Å². The maximum absolute atomic E-state index is 12.5.